The molecule has 0 aliphatic heterocycles. The Balaban J connectivity index is 2.22. The quantitative estimate of drug-likeness (QED) is 0.600. The van der Waals surface area contributed by atoms with E-state index in [1.54, 1.807) is 18.2 Å². The Morgan fingerprint density at radius 2 is 1.79 bits per heavy atom. The van der Waals surface area contributed by atoms with Gasteiger partial charge in [0.05, 0.1) is 4.90 Å². The lowest BCUT2D eigenvalue weighted by molar-refractivity contribution is -0.112. The first kappa shape index (κ1) is 17.9. The normalized spacial score (nSPS) is 11.6. The monoisotopic (exact) mass is 405 g/mol. The van der Waals surface area contributed by atoms with Crippen LogP contribution in [-0.4, -0.2) is 14.3 Å². The maximum absolute atomic E-state index is 12.2. The minimum Gasteiger partial charge on any atom is -0.321 e. The predicted molar refractivity (Wildman–Crippen MR) is 94.2 cm³/mol. The van der Waals surface area contributed by atoms with E-state index in [4.69, 9.17) is 5.14 Å². The van der Waals surface area contributed by atoms with Crippen LogP contribution < -0.4 is 10.5 Å². The molecule has 8 heteroatoms. The summed E-state index contributed by atoms with van der Waals surface area (Å²) < 4.78 is 23.1. The zero-order valence-electron chi connectivity index (χ0n) is 12.2. The Morgan fingerprint density at radius 1 is 1.17 bits per heavy atom. The second kappa shape index (κ2) is 7.40. The Hall–Kier alpha value is -2.47. The Bertz CT molecular complexity index is 945. The SMILES string of the molecule is N#C/C(=C\c1ccccc1Br)C(=O)Nc1ccc(S(N)(=O)=O)cc1. The van der Waals surface area contributed by atoms with Crippen LogP contribution in [0, 0.1) is 11.3 Å². The van der Waals surface area contributed by atoms with Crippen molar-refractivity contribution in [3.05, 3.63) is 64.1 Å². The minimum atomic E-state index is -3.80. The van der Waals surface area contributed by atoms with Gasteiger partial charge in [0, 0.05) is 10.2 Å². The van der Waals surface area contributed by atoms with Crippen LogP contribution in [0.15, 0.2) is 63.5 Å². The van der Waals surface area contributed by atoms with Gasteiger partial charge in [-0.25, -0.2) is 13.6 Å². The van der Waals surface area contributed by atoms with Crippen molar-refractivity contribution in [1.82, 2.24) is 0 Å². The van der Waals surface area contributed by atoms with E-state index in [9.17, 15) is 18.5 Å². The average molecular weight is 406 g/mol. The van der Waals surface area contributed by atoms with Gasteiger partial charge in [0.25, 0.3) is 5.91 Å². The van der Waals surface area contributed by atoms with Gasteiger partial charge < -0.3 is 5.32 Å². The summed E-state index contributed by atoms with van der Waals surface area (Å²) in [4.78, 5) is 12.1. The van der Waals surface area contributed by atoms with Crippen molar-refractivity contribution >= 4 is 43.6 Å². The maximum atomic E-state index is 12.2. The Morgan fingerprint density at radius 3 is 2.33 bits per heavy atom. The van der Waals surface area contributed by atoms with Gasteiger partial charge in [-0.05, 0) is 42.0 Å². The number of primary sulfonamides is 1. The fourth-order valence-electron chi connectivity index (χ4n) is 1.82. The highest BCUT2D eigenvalue weighted by atomic mass is 79.9. The second-order valence-electron chi connectivity index (χ2n) is 4.71. The highest BCUT2D eigenvalue weighted by Gasteiger charge is 2.12. The van der Waals surface area contributed by atoms with Crippen molar-refractivity contribution in [2.75, 3.05) is 5.32 Å². The van der Waals surface area contributed by atoms with Gasteiger partial charge in [-0.1, -0.05) is 34.1 Å². The van der Waals surface area contributed by atoms with Crippen molar-refractivity contribution in [2.45, 2.75) is 4.90 Å². The van der Waals surface area contributed by atoms with Crippen LogP contribution in [0.3, 0.4) is 0 Å². The molecule has 2 aromatic rings. The molecule has 0 radical (unpaired) electrons. The molecule has 6 nitrogen and oxygen atoms in total. The lowest BCUT2D eigenvalue weighted by Gasteiger charge is -2.06. The zero-order chi connectivity index (χ0) is 17.7. The van der Waals surface area contributed by atoms with Crippen LogP contribution >= 0.6 is 15.9 Å². The number of halogens is 1. The lowest BCUT2D eigenvalue weighted by Crippen LogP contribution is -2.14. The molecule has 2 rings (SSSR count). The number of hydrogen-bond donors (Lipinski definition) is 2. The molecule has 0 heterocycles. The third-order valence-corrected chi connectivity index (χ3v) is 4.66. The van der Waals surface area contributed by atoms with Gasteiger partial charge in [-0.15, -0.1) is 0 Å². The number of rotatable bonds is 4. The van der Waals surface area contributed by atoms with Crippen molar-refractivity contribution < 1.29 is 13.2 Å². The van der Waals surface area contributed by atoms with E-state index in [1.165, 1.54) is 30.3 Å². The maximum Gasteiger partial charge on any atom is 0.266 e. The first-order valence-electron chi connectivity index (χ1n) is 6.62. The standard InChI is InChI=1S/C16H12BrN3O3S/c17-15-4-2-1-3-11(15)9-12(10-18)16(21)20-13-5-7-14(8-6-13)24(19,22)23/h1-9H,(H,20,21)(H2,19,22,23)/b12-9+. The van der Waals surface area contributed by atoms with Gasteiger partial charge in [0.1, 0.15) is 11.6 Å². The summed E-state index contributed by atoms with van der Waals surface area (Å²) in [7, 11) is -3.80. The number of anilines is 1. The van der Waals surface area contributed by atoms with Gasteiger partial charge >= 0.3 is 0 Å². The molecule has 122 valence electrons. The molecule has 3 N–H and O–H groups in total. The van der Waals surface area contributed by atoms with Crippen molar-refractivity contribution in [1.29, 1.82) is 5.26 Å². The lowest BCUT2D eigenvalue weighted by atomic mass is 10.1. The van der Waals surface area contributed by atoms with E-state index in [0.29, 0.717) is 11.3 Å². The Labute approximate surface area is 147 Å². The third kappa shape index (κ3) is 4.52. The summed E-state index contributed by atoms with van der Waals surface area (Å²) in [5.74, 6) is -0.600. The highest BCUT2D eigenvalue weighted by molar-refractivity contribution is 9.10. The molecule has 0 spiro atoms. The molecular formula is C16H12BrN3O3S. The van der Waals surface area contributed by atoms with Gasteiger partial charge in [0.15, 0.2) is 0 Å². The first-order valence-corrected chi connectivity index (χ1v) is 8.96. The number of carbonyl (C=O) groups is 1. The molecule has 24 heavy (non-hydrogen) atoms. The van der Waals surface area contributed by atoms with Gasteiger partial charge in [0.2, 0.25) is 10.0 Å². The molecule has 1 amide bonds. The summed E-state index contributed by atoms with van der Waals surface area (Å²) in [5.41, 5.74) is 0.951. The largest absolute Gasteiger partial charge is 0.321 e. The molecule has 0 aromatic heterocycles. The van der Waals surface area contributed by atoms with E-state index >= 15 is 0 Å². The van der Waals surface area contributed by atoms with Crippen LogP contribution in [-0.2, 0) is 14.8 Å². The predicted octanol–water partition coefficient (Wildman–Crippen LogP) is 2.64. The number of benzene rings is 2. The minimum absolute atomic E-state index is 0.0650. The number of nitrogens with one attached hydrogen (secondary N) is 1. The van der Waals surface area contributed by atoms with Crippen LogP contribution in [0.5, 0.6) is 0 Å². The molecule has 0 atom stereocenters. The topological polar surface area (TPSA) is 113 Å². The van der Waals surface area contributed by atoms with E-state index in [0.717, 1.165) is 4.47 Å². The molecule has 0 aliphatic carbocycles. The van der Waals surface area contributed by atoms with Crippen molar-refractivity contribution in [3.63, 3.8) is 0 Å². The smallest absolute Gasteiger partial charge is 0.266 e. The molecule has 0 aliphatic rings. The number of carbonyl (C=O) groups excluding carboxylic acids is 1. The third-order valence-electron chi connectivity index (χ3n) is 3.01. The first-order chi connectivity index (χ1) is 11.3. The second-order valence-corrected chi connectivity index (χ2v) is 7.13. The van der Waals surface area contributed by atoms with Crippen LogP contribution in [0.25, 0.3) is 6.08 Å². The van der Waals surface area contributed by atoms with Crippen LogP contribution in [0.1, 0.15) is 5.56 Å². The molecule has 0 unspecified atom stereocenters. The number of hydrogen-bond acceptors (Lipinski definition) is 4. The fraction of sp³-hybridized carbons (Fsp3) is 0. The van der Waals surface area contributed by atoms with E-state index in [1.807, 2.05) is 12.1 Å². The molecule has 0 saturated carbocycles. The Kier molecular flexibility index (Phi) is 5.51. The van der Waals surface area contributed by atoms with Gasteiger partial charge in [-0.3, -0.25) is 4.79 Å². The van der Waals surface area contributed by atoms with Crippen molar-refractivity contribution in [2.24, 2.45) is 5.14 Å². The summed E-state index contributed by atoms with van der Waals surface area (Å²) in [6, 6.07) is 14.3. The summed E-state index contributed by atoms with van der Waals surface area (Å²) in [6.07, 6.45) is 1.46. The average Bonchev–Trinajstić information content (AvgIpc) is 2.53. The van der Waals surface area contributed by atoms with Crippen molar-refractivity contribution in [3.8, 4) is 6.07 Å². The summed E-state index contributed by atoms with van der Waals surface area (Å²) >= 11 is 3.34. The summed E-state index contributed by atoms with van der Waals surface area (Å²) in [6.45, 7) is 0. The number of sulfonamides is 1. The summed E-state index contributed by atoms with van der Waals surface area (Å²) in [5, 5.41) is 16.7. The highest BCUT2D eigenvalue weighted by Crippen LogP contribution is 2.20. The zero-order valence-corrected chi connectivity index (χ0v) is 14.6. The molecule has 0 bridgehead atoms. The number of nitrogens with two attached hydrogens (primary N) is 1. The van der Waals surface area contributed by atoms with Gasteiger partial charge in [-0.2, -0.15) is 5.26 Å². The van der Waals surface area contributed by atoms with Crippen LogP contribution in [0.4, 0.5) is 5.69 Å². The molecule has 0 fully saturated rings. The fourth-order valence-corrected chi connectivity index (χ4v) is 2.74. The van der Waals surface area contributed by atoms with E-state index in [2.05, 4.69) is 21.2 Å². The van der Waals surface area contributed by atoms with E-state index in [-0.39, 0.29) is 10.5 Å². The number of nitrogens with zero attached hydrogens (tertiary/aromatic N) is 1. The molecular weight excluding hydrogens is 394 g/mol. The molecule has 0 saturated heterocycles. The van der Waals surface area contributed by atoms with Crippen LogP contribution in [0.2, 0.25) is 0 Å². The van der Waals surface area contributed by atoms with E-state index < -0.39 is 15.9 Å². The number of amides is 1. The number of nitriles is 1. The molecule has 2 aromatic carbocycles.